The molecule has 5 nitrogen and oxygen atoms in total. The van der Waals surface area contributed by atoms with Gasteiger partial charge in [0.05, 0.1) is 11.4 Å². The largest absolute Gasteiger partial charge is 0.456 e. The topological polar surface area (TPSA) is 65.0 Å². The van der Waals surface area contributed by atoms with Crippen LogP contribution < -0.4 is 0 Å². The molecule has 0 amide bonds. The Labute approximate surface area is 287 Å². The van der Waals surface area contributed by atoms with Crippen LogP contribution in [0, 0.1) is 0 Å². The zero-order chi connectivity index (χ0) is 33.0. The lowest BCUT2D eigenvalue weighted by Gasteiger charge is -2.13. The summed E-state index contributed by atoms with van der Waals surface area (Å²) in [5.41, 5.74) is 12.0. The summed E-state index contributed by atoms with van der Waals surface area (Å²) in [6, 6.07) is 51.7. The van der Waals surface area contributed by atoms with Crippen LogP contribution in [0.15, 0.2) is 173 Å². The maximum atomic E-state index is 6.74. The first-order valence-electron chi connectivity index (χ1n) is 16.6. The fourth-order valence-electron chi connectivity index (χ4n) is 7.08. The van der Waals surface area contributed by atoms with Crippen molar-refractivity contribution in [2.24, 2.45) is 0 Å². The van der Waals surface area contributed by atoms with Crippen LogP contribution in [0.25, 0.3) is 100 Å². The third-order valence-corrected chi connectivity index (χ3v) is 9.43. The molecule has 4 heterocycles. The molecule has 10 rings (SSSR count). The number of furan rings is 2. The Morgan fingerprint density at radius 3 is 1.92 bits per heavy atom. The van der Waals surface area contributed by atoms with Crippen LogP contribution in [0.2, 0.25) is 0 Å². The molecular formula is C45H27N3O2. The highest BCUT2D eigenvalue weighted by Crippen LogP contribution is 2.43. The molecular weight excluding hydrogens is 615 g/mol. The molecule has 0 saturated heterocycles. The summed E-state index contributed by atoms with van der Waals surface area (Å²) < 4.78 is 12.9. The van der Waals surface area contributed by atoms with Crippen molar-refractivity contribution in [3.05, 3.63) is 164 Å². The second-order valence-corrected chi connectivity index (χ2v) is 12.4. The van der Waals surface area contributed by atoms with Gasteiger partial charge in [0, 0.05) is 56.2 Å². The van der Waals surface area contributed by atoms with Gasteiger partial charge in [-0.05, 0) is 59.2 Å². The van der Waals surface area contributed by atoms with Gasteiger partial charge in [-0.1, -0.05) is 109 Å². The van der Waals surface area contributed by atoms with Crippen LogP contribution in [0.4, 0.5) is 0 Å². The van der Waals surface area contributed by atoms with Gasteiger partial charge in [-0.3, -0.25) is 4.98 Å². The SMILES string of the molecule is c1ccc(-c2cc(-c3ccc(-c4ccc5oc6ccccc6c5c4)c4c3oc3ccccc34)nc(-c3ccccc3-c3cccnc3)n2)cc1. The molecule has 4 aromatic heterocycles. The van der Waals surface area contributed by atoms with Crippen molar-refractivity contribution in [2.45, 2.75) is 0 Å². The Balaban J connectivity index is 1.23. The Hall–Kier alpha value is -6.85. The molecule has 0 saturated carbocycles. The van der Waals surface area contributed by atoms with Gasteiger partial charge >= 0.3 is 0 Å². The molecule has 0 aliphatic heterocycles. The summed E-state index contributed by atoms with van der Waals surface area (Å²) >= 11 is 0. The summed E-state index contributed by atoms with van der Waals surface area (Å²) in [7, 11) is 0. The van der Waals surface area contributed by atoms with E-state index in [1.165, 1.54) is 0 Å². The van der Waals surface area contributed by atoms with E-state index in [1.54, 1.807) is 6.20 Å². The molecule has 6 aromatic carbocycles. The predicted molar refractivity (Wildman–Crippen MR) is 202 cm³/mol. The van der Waals surface area contributed by atoms with Crippen LogP contribution in [0.5, 0.6) is 0 Å². The van der Waals surface area contributed by atoms with Crippen LogP contribution in [0.1, 0.15) is 0 Å². The highest BCUT2D eigenvalue weighted by molar-refractivity contribution is 6.17. The maximum Gasteiger partial charge on any atom is 0.161 e. The molecule has 0 radical (unpaired) electrons. The average Bonchev–Trinajstić information content (AvgIpc) is 3.77. The first-order chi connectivity index (χ1) is 24.8. The maximum absolute atomic E-state index is 6.74. The number of aromatic nitrogens is 3. The highest BCUT2D eigenvalue weighted by Gasteiger charge is 2.21. The molecule has 0 spiro atoms. The molecule has 50 heavy (non-hydrogen) atoms. The summed E-state index contributed by atoms with van der Waals surface area (Å²) in [5.74, 6) is 0.631. The fraction of sp³-hybridized carbons (Fsp3) is 0. The van der Waals surface area contributed by atoms with Crippen molar-refractivity contribution in [1.82, 2.24) is 15.0 Å². The Morgan fingerprint density at radius 2 is 1.08 bits per heavy atom. The third kappa shape index (κ3) is 4.60. The smallest absolute Gasteiger partial charge is 0.161 e. The number of hydrogen-bond donors (Lipinski definition) is 0. The van der Waals surface area contributed by atoms with Crippen LogP contribution >= 0.6 is 0 Å². The summed E-state index contributed by atoms with van der Waals surface area (Å²) in [6.07, 6.45) is 3.66. The minimum Gasteiger partial charge on any atom is -0.456 e. The number of pyridine rings is 1. The predicted octanol–water partition coefficient (Wildman–Crippen LogP) is 12.0. The zero-order valence-electron chi connectivity index (χ0n) is 26.7. The number of para-hydroxylation sites is 2. The van der Waals surface area contributed by atoms with E-state index in [4.69, 9.17) is 18.8 Å². The van der Waals surface area contributed by atoms with Gasteiger partial charge in [0.1, 0.15) is 22.3 Å². The highest BCUT2D eigenvalue weighted by atomic mass is 16.3. The third-order valence-electron chi connectivity index (χ3n) is 9.43. The molecule has 0 atom stereocenters. The van der Waals surface area contributed by atoms with E-state index in [1.807, 2.05) is 66.9 Å². The minimum atomic E-state index is 0.631. The monoisotopic (exact) mass is 641 g/mol. The molecule has 5 heteroatoms. The van der Waals surface area contributed by atoms with Gasteiger partial charge in [-0.25, -0.2) is 9.97 Å². The lowest BCUT2D eigenvalue weighted by Crippen LogP contribution is -1.98. The molecule has 0 aliphatic carbocycles. The van der Waals surface area contributed by atoms with E-state index in [2.05, 4.69) is 96.0 Å². The number of benzene rings is 6. The van der Waals surface area contributed by atoms with E-state index < -0.39 is 0 Å². The van der Waals surface area contributed by atoms with Gasteiger partial charge in [0.25, 0.3) is 0 Å². The van der Waals surface area contributed by atoms with E-state index in [9.17, 15) is 0 Å². The Kier molecular flexibility index (Phi) is 6.42. The van der Waals surface area contributed by atoms with E-state index in [-0.39, 0.29) is 0 Å². The van der Waals surface area contributed by atoms with Gasteiger partial charge in [0.2, 0.25) is 0 Å². The number of fused-ring (bicyclic) bond motifs is 6. The second kappa shape index (κ2) is 11.4. The van der Waals surface area contributed by atoms with E-state index in [0.717, 1.165) is 94.2 Å². The van der Waals surface area contributed by atoms with Crippen LogP contribution in [-0.2, 0) is 0 Å². The molecule has 0 unspecified atom stereocenters. The number of hydrogen-bond acceptors (Lipinski definition) is 5. The number of rotatable bonds is 5. The van der Waals surface area contributed by atoms with E-state index >= 15 is 0 Å². The lowest BCUT2D eigenvalue weighted by molar-refractivity contribution is 0.669. The normalized spacial score (nSPS) is 11.6. The quantitative estimate of drug-likeness (QED) is 0.187. The molecule has 234 valence electrons. The summed E-state index contributed by atoms with van der Waals surface area (Å²) in [6.45, 7) is 0. The first-order valence-corrected chi connectivity index (χ1v) is 16.6. The molecule has 0 N–H and O–H groups in total. The Bertz CT molecular complexity index is 2870. The standard InChI is InChI=1S/C45H27N3O2/c1-2-11-28(12-3-1)38-26-39(48-45(47-38)34-16-5-4-14-31(34)30-13-10-24-46-27-30)35-22-21-32(43-36-17-7-9-19-41(36)50-44(35)43)29-20-23-42-37(25-29)33-15-6-8-18-40(33)49-42/h1-27H. The van der Waals surface area contributed by atoms with Crippen LogP contribution in [0.3, 0.4) is 0 Å². The fourth-order valence-corrected chi connectivity index (χ4v) is 7.08. The van der Waals surface area contributed by atoms with Crippen molar-refractivity contribution < 1.29 is 8.83 Å². The van der Waals surface area contributed by atoms with Gasteiger partial charge in [-0.15, -0.1) is 0 Å². The molecule has 10 aromatic rings. The average molecular weight is 642 g/mol. The zero-order valence-corrected chi connectivity index (χ0v) is 26.7. The van der Waals surface area contributed by atoms with Crippen molar-refractivity contribution in [2.75, 3.05) is 0 Å². The second-order valence-electron chi connectivity index (χ2n) is 12.4. The lowest BCUT2D eigenvalue weighted by atomic mass is 9.94. The number of nitrogens with zero attached hydrogens (tertiary/aromatic N) is 3. The van der Waals surface area contributed by atoms with Gasteiger partial charge in [-0.2, -0.15) is 0 Å². The summed E-state index contributed by atoms with van der Waals surface area (Å²) in [5, 5.41) is 4.28. The first kappa shape index (κ1) is 28.2. The molecule has 0 aliphatic rings. The van der Waals surface area contributed by atoms with Crippen molar-refractivity contribution in [3.8, 4) is 56.2 Å². The van der Waals surface area contributed by atoms with Crippen molar-refractivity contribution in [3.63, 3.8) is 0 Å². The molecule has 0 bridgehead atoms. The van der Waals surface area contributed by atoms with Crippen LogP contribution in [-0.4, -0.2) is 15.0 Å². The Morgan fingerprint density at radius 1 is 0.400 bits per heavy atom. The van der Waals surface area contributed by atoms with Gasteiger partial charge < -0.3 is 8.83 Å². The summed E-state index contributed by atoms with van der Waals surface area (Å²) in [4.78, 5) is 14.8. The van der Waals surface area contributed by atoms with Crippen molar-refractivity contribution >= 4 is 43.9 Å². The minimum absolute atomic E-state index is 0.631. The van der Waals surface area contributed by atoms with E-state index in [0.29, 0.717) is 5.82 Å². The van der Waals surface area contributed by atoms with Gasteiger partial charge in [0.15, 0.2) is 5.82 Å². The molecule has 0 fully saturated rings. The van der Waals surface area contributed by atoms with Crippen molar-refractivity contribution in [1.29, 1.82) is 0 Å².